The van der Waals surface area contributed by atoms with Crippen LogP contribution in [0.2, 0.25) is 0 Å². The van der Waals surface area contributed by atoms with Crippen molar-refractivity contribution in [2.24, 2.45) is 11.0 Å². The number of nitrogens with zero attached hydrogens (tertiary/aromatic N) is 1. The largest absolute Gasteiger partial charge is 0.273 e. The van der Waals surface area contributed by atoms with Gasteiger partial charge in [-0.05, 0) is 47.4 Å². The Morgan fingerprint density at radius 2 is 1.72 bits per heavy atom. The van der Waals surface area contributed by atoms with Crippen LogP contribution >= 0.6 is 0 Å². The minimum absolute atomic E-state index is 0.00229. The fourth-order valence-electron chi connectivity index (χ4n) is 3.27. The molecule has 0 spiro atoms. The number of nitrogens with one attached hydrogen (secondary N) is 1. The zero-order valence-corrected chi connectivity index (χ0v) is 17.7. The van der Waals surface area contributed by atoms with Crippen molar-refractivity contribution in [2.75, 3.05) is 0 Å². The van der Waals surface area contributed by atoms with Crippen LogP contribution in [0.5, 0.6) is 0 Å². The summed E-state index contributed by atoms with van der Waals surface area (Å²) in [4.78, 5) is 12.4. The molecule has 1 fully saturated rings. The molecule has 1 aliphatic rings. The van der Waals surface area contributed by atoms with E-state index < -0.39 is 0 Å². The summed E-state index contributed by atoms with van der Waals surface area (Å²) in [5, 5.41) is 4.20. The van der Waals surface area contributed by atoms with Crippen LogP contribution in [0.4, 0.5) is 0 Å². The first-order chi connectivity index (χ1) is 13.8. The predicted molar refractivity (Wildman–Crippen MR) is 122 cm³/mol. The number of amides is 1. The number of carbonyl (C=O) groups is 1. The van der Waals surface area contributed by atoms with Gasteiger partial charge in [0.15, 0.2) is 0 Å². The van der Waals surface area contributed by atoms with Crippen LogP contribution in [0.15, 0.2) is 77.9 Å². The lowest BCUT2D eigenvalue weighted by atomic mass is 9.86. The first kappa shape index (κ1) is 20.8. The molecular weight excluding hydrogens is 356 g/mol. The maximum Gasteiger partial charge on any atom is 0.243 e. The Labute approximate surface area is 174 Å². The fraction of sp³-hybridized carbons (Fsp3) is 0.308. The summed E-state index contributed by atoms with van der Waals surface area (Å²) in [6.07, 6.45) is 8.70. The Bertz CT molecular complexity index is 915. The lowest BCUT2D eigenvalue weighted by molar-refractivity contribution is -0.122. The minimum Gasteiger partial charge on any atom is -0.273 e. The number of hydrogen-bond acceptors (Lipinski definition) is 2. The van der Waals surface area contributed by atoms with Crippen molar-refractivity contribution in [1.82, 2.24) is 5.43 Å². The van der Waals surface area contributed by atoms with E-state index in [0.717, 1.165) is 17.7 Å². The van der Waals surface area contributed by atoms with Gasteiger partial charge in [-0.25, -0.2) is 5.43 Å². The van der Waals surface area contributed by atoms with Crippen LogP contribution < -0.4 is 5.43 Å². The molecule has 0 unspecified atom stereocenters. The summed E-state index contributed by atoms with van der Waals surface area (Å²) in [6, 6.07) is 18.8. The van der Waals surface area contributed by atoms with Crippen LogP contribution in [-0.2, 0) is 10.2 Å². The van der Waals surface area contributed by atoms with Gasteiger partial charge < -0.3 is 0 Å². The Balaban J connectivity index is 1.48. The van der Waals surface area contributed by atoms with Crippen molar-refractivity contribution in [1.29, 1.82) is 0 Å². The molecule has 29 heavy (non-hydrogen) atoms. The highest BCUT2D eigenvalue weighted by Crippen LogP contribution is 2.47. The Morgan fingerprint density at radius 3 is 2.38 bits per heavy atom. The van der Waals surface area contributed by atoms with Crippen molar-refractivity contribution in [3.05, 3.63) is 89.5 Å². The quantitative estimate of drug-likeness (QED) is 0.378. The Morgan fingerprint density at radius 1 is 1.03 bits per heavy atom. The van der Waals surface area contributed by atoms with E-state index in [1.165, 1.54) is 11.1 Å². The van der Waals surface area contributed by atoms with Crippen LogP contribution in [0.25, 0.3) is 6.08 Å². The van der Waals surface area contributed by atoms with Crippen molar-refractivity contribution in [3.63, 3.8) is 0 Å². The number of allylic oxidation sites excluding steroid dienone is 3. The van der Waals surface area contributed by atoms with E-state index in [1.54, 1.807) is 0 Å². The van der Waals surface area contributed by atoms with Crippen LogP contribution in [0.1, 0.15) is 56.7 Å². The maximum absolute atomic E-state index is 12.4. The van der Waals surface area contributed by atoms with Crippen molar-refractivity contribution in [2.45, 2.75) is 45.4 Å². The Hall–Kier alpha value is -2.94. The summed E-state index contributed by atoms with van der Waals surface area (Å²) >= 11 is 0. The molecule has 0 aromatic heterocycles. The molecule has 0 aliphatic heterocycles. The van der Waals surface area contributed by atoms with E-state index in [4.69, 9.17) is 0 Å². The van der Waals surface area contributed by atoms with E-state index in [9.17, 15) is 4.79 Å². The van der Waals surface area contributed by atoms with Crippen LogP contribution in [-0.4, -0.2) is 11.6 Å². The van der Waals surface area contributed by atoms with Crippen molar-refractivity contribution in [3.8, 4) is 0 Å². The summed E-state index contributed by atoms with van der Waals surface area (Å²) in [5.41, 5.74) is 7.33. The monoisotopic (exact) mass is 386 g/mol. The molecule has 2 atom stereocenters. The smallest absolute Gasteiger partial charge is 0.243 e. The summed E-state index contributed by atoms with van der Waals surface area (Å²) < 4.78 is 0. The van der Waals surface area contributed by atoms with E-state index in [0.29, 0.717) is 5.92 Å². The van der Waals surface area contributed by atoms with Gasteiger partial charge in [-0.2, -0.15) is 5.10 Å². The van der Waals surface area contributed by atoms with Crippen molar-refractivity contribution < 1.29 is 4.79 Å². The normalized spacial score (nSPS) is 19.7. The van der Waals surface area contributed by atoms with Gasteiger partial charge in [0.25, 0.3) is 0 Å². The minimum atomic E-state index is 0.00229. The highest BCUT2D eigenvalue weighted by atomic mass is 16.2. The molecule has 3 nitrogen and oxygen atoms in total. The topological polar surface area (TPSA) is 41.5 Å². The second kappa shape index (κ2) is 9.04. The zero-order chi connectivity index (χ0) is 20.9. The molecule has 0 heterocycles. The second-order valence-electron chi connectivity index (χ2n) is 8.68. The third-order valence-corrected chi connectivity index (χ3v) is 5.21. The average molecular weight is 387 g/mol. The lowest BCUT2D eigenvalue weighted by Crippen LogP contribution is -2.21. The molecule has 3 heteroatoms. The fourth-order valence-corrected chi connectivity index (χ4v) is 3.27. The third-order valence-electron chi connectivity index (χ3n) is 5.21. The van der Waals surface area contributed by atoms with Gasteiger partial charge >= 0.3 is 0 Å². The first-order valence-electron chi connectivity index (χ1n) is 10.2. The molecule has 0 saturated heterocycles. The van der Waals surface area contributed by atoms with Gasteiger partial charge in [0, 0.05) is 5.92 Å². The van der Waals surface area contributed by atoms with Gasteiger partial charge in [0.2, 0.25) is 5.91 Å². The van der Waals surface area contributed by atoms with E-state index in [-0.39, 0.29) is 17.2 Å². The number of carbonyl (C=O) groups excluding carboxylic acids is 1. The number of hydrazone groups is 1. The average Bonchev–Trinajstić information content (AvgIpc) is 3.51. The molecule has 2 aromatic rings. The van der Waals surface area contributed by atoms with E-state index in [1.807, 2.05) is 61.6 Å². The third kappa shape index (κ3) is 6.02. The molecular formula is C26H30N2O. The molecule has 2 aromatic carbocycles. The molecule has 1 saturated carbocycles. The van der Waals surface area contributed by atoms with Gasteiger partial charge in [0.05, 0.1) is 5.71 Å². The molecule has 3 rings (SSSR count). The molecule has 0 bridgehead atoms. The predicted octanol–water partition coefficient (Wildman–Crippen LogP) is 5.85. The Kier molecular flexibility index (Phi) is 6.48. The van der Waals surface area contributed by atoms with Crippen LogP contribution in [0, 0.1) is 5.92 Å². The molecule has 1 amide bonds. The van der Waals surface area contributed by atoms with Gasteiger partial charge in [0.1, 0.15) is 0 Å². The zero-order valence-electron chi connectivity index (χ0n) is 17.7. The number of rotatable bonds is 6. The van der Waals surface area contributed by atoms with Gasteiger partial charge in [-0.3, -0.25) is 4.79 Å². The second-order valence-corrected chi connectivity index (χ2v) is 8.68. The van der Waals surface area contributed by atoms with Gasteiger partial charge in [-0.15, -0.1) is 0 Å². The van der Waals surface area contributed by atoms with Crippen molar-refractivity contribution >= 4 is 17.7 Å². The molecule has 150 valence electrons. The maximum atomic E-state index is 12.4. The molecule has 1 N–H and O–H groups in total. The van der Waals surface area contributed by atoms with Gasteiger partial charge in [-0.1, -0.05) is 93.6 Å². The summed E-state index contributed by atoms with van der Waals surface area (Å²) in [6.45, 7) is 8.51. The number of hydrogen-bond donors (Lipinski definition) is 1. The standard InChI is InChI=1S/C26H30N2O/c1-19(10-8-9-13-20-11-6-5-7-12-20)27-28-25(29)24-18-23(24)21-14-16-22(17-15-21)26(2,3)4/h5-17,23-24H,18H2,1-4H3,(H,28,29)/b10-8+,13-9+,27-19+/t23-,24-/m0/s1. The lowest BCUT2D eigenvalue weighted by Gasteiger charge is -2.19. The summed E-state index contributed by atoms with van der Waals surface area (Å²) in [7, 11) is 0. The highest BCUT2D eigenvalue weighted by Gasteiger charge is 2.44. The number of benzene rings is 2. The SMILES string of the molecule is CC(/C=C/C=C/c1ccccc1)=N\NC(=O)[C@H]1C[C@H]1c1ccc(C(C)(C)C)cc1. The first-order valence-corrected chi connectivity index (χ1v) is 10.2. The highest BCUT2D eigenvalue weighted by molar-refractivity contribution is 5.94. The molecule has 1 aliphatic carbocycles. The van der Waals surface area contributed by atoms with E-state index >= 15 is 0 Å². The molecule has 0 radical (unpaired) electrons. The van der Waals surface area contributed by atoms with E-state index in [2.05, 4.69) is 55.6 Å². The van der Waals surface area contributed by atoms with Crippen LogP contribution in [0.3, 0.4) is 0 Å². The summed E-state index contributed by atoms with van der Waals surface area (Å²) in [5.74, 6) is 0.334.